The Hall–Kier alpha value is -1.87. The minimum atomic E-state index is -0.000666. The molecule has 1 aromatic heterocycles. The molecule has 1 N–H and O–H groups in total. The molecule has 0 radical (unpaired) electrons. The summed E-state index contributed by atoms with van der Waals surface area (Å²) < 4.78 is 0. The number of hydrogen-bond donors (Lipinski definition) is 1. The number of aliphatic hydroxyl groups excluding tert-OH is 1. The van der Waals surface area contributed by atoms with Crippen LogP contribution in [0, 0.1) is 6.92 Å². The van der Waals surface area contributed by atoms with E-state index in [1.165, 1.54) is 5.56 Å². The molecule has 0 saturated heterocycles. The lowest BCUT2D eigenvalue weighted by atomic mass is 10.1. The van der Waals surface area contributed by atoms with Gasteiger partial charge in [-0.25, -0.2) is 0 Å². The molecule has 0 spiro atoms. The maximum Gasteiger partial charge on any atom is 0.0717 e. The standard InChI is InChI=1S/C14H16N2O/c1-11-4-3-5-13(8-11)16(2)14-6-7-15-9-12(14)10-17/h3-9,17H,10H2,1-2H3. The second kappa shape index (κ2) is 4.97. The molecule has 0 bridgehead atoms. The molecule has 0 unspecified atom stereocenters. The highest BCUT2D eigenvalue weighted by molar-refractivity contribution is 5.65. The average molecular weight is 228 g/mol. The third kappa shape index (κ3) is 2.45. The molecule has 0 atom stereocenters. The number of aryl methyl sites for hydroxylation is 1. The van der Waals surface area contributed by atoms with Crippen molar-refractivity contribution in [2.24, 2.45) is 0 Å². The molecule has 0 fully saturated rings. The second-order valence-electron chi connectivity index (χ2n) is 4.06. The average Bonchev–Trinajstić information content (AvgIpc) is 2.38. The van der Waals surface area contributed by atoms with Gasteiger partial charge in [-0.3, -0.25) is 4.98 Å². The van der Waals surface area contributed by atoms with Gasteiger partial charge >= 0.3 is 0 Å². The van der Waals surface area contributed by atoms with Crippen molar-refractivity contribution in [3.05, 3.63) is 53.9 Å². The molecule has 3 nitrogen and oxygen atoms in total. The van der Waals surface area contributed by atoms with Crippen LogP contribution in [-0.2, 0) is 6.61 Å². The van der Waals surface area contributed by atoms with Crippen molar-refractivity contribution in [3.63, 3.8) is 0 Å². The summed E-state index contributed by atoms with van der Waals surface area (Å²) in [5.41, 5.74) is 4.13. The number of benzene rings is 1. The largest absolute Gasteiger partial charge is 0.392 e. The Kier molecular flexibility index (Phi) is 3.40. The van der Waals surface area contributed by atoms with Gasteiger partial charge in [-0.05, 0) is 30.7 Å². The molecule has 1 aromatic carbocycles. The van der Waals surface area contributed by atoms with Gasteiger partial charge in [0.1, 0.15) is 0 Å². The fourth-order valence-electron chi connectivity index (χ4n) is 1.84. The summed E-state index contributed by atoms with van der Waals surface area (Å²) in [6.07, 6.45) is 3.43. The van der Waals surface area contributed by atoms with Crippen LogP contribution in [0.25, 0.3) is 0 Å². The predicted octanol–water partition coefficient (Wildman–Crippen LogP) is 2.65. The molecule has 0 amide bonds. The van der Waals surface area contributed by atoms with Crippen LogP contribution >= 0.6 is 0 Å². The van der Waals surface area contributed by atoms with Gasteiger partial charge < -0.3 is 10.0 Å². The van der Waals surface area contributed by atoms with Crippen molar-refractivity contribution in [1.82, 2.24) is 4.98 Å². The van der Waals surface area contributed by atoms with Crippen LogP contribution in [0.5, 0.6) is 0 Å². The van der Waals surface area contributed by atoms with E-state index in [0.29, 0.717) is 0 Å². The number of aromatic nitrogens is 1. The van der Waals surface area contributed by atoms with Crippen LogP contribution < -0.4 is 4.90 Å². The van der Waals surface area contributed by atoms with Gasteiger partial charge in [0.25, 0.3) is 0 Å². The number of aliphatic hydroxyl groups is 1. The van der Waals surface area contributed by atoms with E-state index < -0.39 is 0 Å². The Morgan fingerprint density at radius 1 is 1.29 bits per heavy atom. The summed E-state index contributed by atoms with van der Waals surface area (Å²) in [4.78, 5) is 6.08. The van der Waals surface area contributed by atoms with E-state index in [0.717, 1.165) is 16.9 Å². The van der Waals surface area contributed by atoms with Gasteiger partial charge in [-0.2, -0.15) is 0 Å². The first kappa shape index (κ1) is 11.6. The summed E-state index contributed by atoms with van der Waals surface area (Å²) in [5, 5.41) is 9.30. The molecule has 0 aliphatic heterocycles. The van der Waals surface area contributed by atoms with Gasteiger partial charge in [0.05, 0.1) is 6.61 Å². The maximum absolute atomic E-state index is 9.30. The zero-order valence-electron chi connectivity index (χ0n) is 10.1. The number of nitrogens with zero attached hydrogens (tertiary/aromatic N) is 2. The molecule has 2 rings (SSSR count). The van der Waals surface area contributed by atoms with E-state index in [2.05, 4.69) is 35.0 Å². The van der Waals surface area contributed by atoms with Gasteiger partial charge in [-0.15, -0.1) is 0 Å². The third-order valence-electron chi connectivity index (χ3n) is 2.80. The fourth-order valence-corrected chi connectivity index (χ4v) is 1.84. The zero-order valence-corrected chi connectivity index (χ0v) is 10.1. The van der Waals surface area contributed by atoms with E-state index in [4.69, 9.17) is 0 Å². The summed E-state index contributed by atoms with van der Waals surface area (Å²) >= 11 is 0. The van der Waals surface area contributed by atoms with Crippen LogP contribution in [-0.4, -0.2) is 17.1 Å². The topological polar surface area (TPSA) is 36.4 Å². The fraction of sp³-hybridized carbons (Fsp3) is 0.214. The van der Waals surface area contributed by atoms with Crippen LogP contribution in [0.1, 0.15) is 11.1 Å². The Morgan fingerprint density at radius 3 is 2.82 bits per heavy atom. The molecule has 0 aliphatic rings. The van der Waals surface area contributed by atoms with Crippen molar-refractivity contribution in [3.8, 4) is 0 Å². The highest BCUT2D eigenvalue weighted by Crippen LogP contribution is 2.26. The molecule has 0 saturated carbocycles. The van der Waals surface area contributed by atoms with Crippen LogP contribution in [0.4, 0.5) is 11.4 Å². The van der Waals surface area contributed by atoms with Crippen molar-refractivity contribution >= 4 is 11.4 Å². The SMILES string of the molecule is Cc1cccc(N(C)c2ccncc2CO)c1. The smallest absolute Gasteiger partial charge is 0.0717 e. The first-order valence-corrected chi connectivity index (χ1v) is 5.56. The lowest BCUT2D eigenvalue weighted by Gasteiger charge is -2.22. The molecule has 88 valence electrons. The Morgan fingerprint density at radius 2 is 2.12 bits per heavy atom. The van der Waals surface area contributed by atoms with Gasteiger partial charge in [0.15, 0.2) is 0 Å². The summed E-state index contributed by atoms with van der Waals surface area (Å²) in [5.74, 6) is 0. The second-order valence-corrected chi connectivity index (χ2v) is 4.06. The molecule has 1 heterocycles. The maximum atomic E-state index is 9.30. The molecular formula is C14H16N2O. The number of hydrogen-bond acceptors (Lipinski definition) is 3. The summed E-state index contributed by atoms with van der Waals surface area (Å²) in [6.45, 7) is 2.07. The number of rotatable bonds is 3. The summed E-state index contributed by atoms with van der Waals surface area (Å²) in [7, 11) is 1.99. The van der Waals surface area contributed by atoms with E-state index in [1.807, 2.05) is 19.2 Å². The van der Waals surface area contributed by atoms with Gasteiger partial charge in [0, 0.05) is 36.4 Å². The van der Waals surface area contributed by atoms with Crippen molar-refractivity contribution in [2.75, 3.05) is 11.9 Å². The van der Waals surface area contributed by atoms with E-state index in [1.54, 1.807) is 12.4 Å². The molecule has 17 heavy (non-hydrogen) atoms. The van der Waals surface area contributed by atoms with Crippen LogP contribution in [0.2, 0.25) is 0 Å². The van der Waals surface area contributed by atoms with Crippen molar-refractivity contribution < 1.29 is 5.11 Å². The van der Waals surface area contributed by atoms with Crippen molar-refractivity contribution in [1.29, 1.82) is 0 Å². The van der Waals surface area contributed by atoms with Crippen LogP contribution in [0.3, 0.4) is 0 Å². The van der Waals surface area contributed by atoms with E-state index in [-0.39, 0.29) is 6.61 Å². The number of anilines is 2. The van der Waals surface area contributed by atoms with Gasteiger partial charge in [0.2, 0.25) is 0 Å². The van der Waals surface area contributed by atoms with Gasteiger partial charge in [-0.1, -0.05) is 12.1 Å². The Bertz CT molecular complexity index is 511. The zero-order chi connectivity index (χ0) is 12.3. The third-order valence-corrected chi connectivity index (χ3v) is 2.80. The minimum absolute atomic E-state index is 0.000666. The Labute approximate surface area is 101 Å². The molecule has 0 aliphatic carbocycles. The monoisotopic (exact) mass is 228 g/mol. The highest BCUT2D eigenvalue weighted by atomic mass is 16.3. The normalized spacial score (nSPS) is 10.3. The summed E-state index contributed by atoms with van der Waals surface area (Å²) in [6, 6.07) is 10.2. The number of pyridine rings is 1. The van der Waals surface area contributed by atoms with E-state index in [9.17, 15) is 5.11 Å². The van der Waals surface area contributed by atoms with Crippen molar-refractivity contribution in [2.45, 2.75) is 13.5 Å². The highest BCUT2D eigenvalue weighted by Gasteiger charge is 2.08. The molecular weight excluding hydrogens is 212 g/mol. The molecule has 2 aromatic rings. The first-order valence-electron chi connectivity index (χ1n) is 5.56. The van der Waals surface area contributed by atoms with Crippen LogP contribution in [0.15, 0.2) is 42.7 Å². The quantitative estimate of drug-likeness (QED) is 0.877. The Balaban J connectivity index is 2.40. The first-order chi connectivity index (χ1) is 8.22. The van der Waals surface area contributed by atoms with E-state index >= 15 is 0 Å². The molecule has 3 heteroatoms. The minimum Gasteiger partial charge on any atom is -0.392 e. The lowest BCUT2D eigenvalue weighted by molar-refractivity contribution is 0.282. The lowest BCUT2D eigenvalue weighted by Crippen LogP contribution is -2.12. The predicted molar refractivity (Wildman–Crippen MR) is 69.4 cm³/mol.